The summed E-state index contributed by atoms with van der Waals surface area (Å²) in [5.74, 6) is 0.355. The number of nitrogens with one attached hydrogen (secondary N) is 1. The lowest BCUT2D eigenvalue weighted by molar-refractivity contribution is -0.123. The summed E-state index contributed by atoms with van der Waals surface area (Å²) in [4.78, 5) is 11.5. The van der Waals surface area contributed by atoms with Gasteiger partial charge in [-0.1, -0.05) is 6.07 Å². The predicted molar refractivity (Wildman–Crippen MR) is 69.4 cm³/mol. The lowest BCUT2D eigenvalue weighted by atomic mass is 10.0. The zero-order valence-corrected chi connectivity index (χ0v) is 11.0. The Labute approximate surface area is 107 Å². The average molecular weight is 252 g/mol. The summed E-state index contributed by atoms with van der Waals surface area (Å²) in [6.07, 6.45) is 0. The number of carbonyl (C=O) groups excluding carboxylic acids is 1. The van der Waals surface area contributed by atoms with Crippen LogP contribution in [0, 0.1) is 13.8 Å². The van der Waals surface area contributed by atoms with Gasteiger partial charge in [-0.2, -0.15) is 0 Å². The van der Waals surface area contributed by atoms with Crippen LogP contribution in [0.4, 0.5) is 0 Å². The Kier molecular flexibility index (Phi) is 5.12. The molecule has 0 aliphatic heterocycles. The molecule has 0 saturated carbocycles. The van der Waals surface area contributed by atoms with Crippen molar-refractivity contribution in [2.45, 2.75) is 26.4 Å². The predicted octanol–water partition coefficient (Wildman–Crippen LogP) is 0.248. The second kappa shape index (κ2) is 6.37. The van der Waals surface area contributed by atoms with E-state index in [1.807, 2.05) is 26.0 Å². The second-order valence-corrected chi connectivity index (χ2v) is 4.26. The lowest BCUT2D eigenvalue weighted by Gasteiger charge is -2.14. The molecule has 1 rings (SSSR count). The van der Waals surface area contributed by atoms with Gasteiger partial charge in [0.2, 0.25) is 5.91 Å². The highest BCUT2D eigenvalue weighted by molar-refractivity contribution is 5.81. The van der Waals surface area contributed by atoms with Crippen LogP contribution < -0.4 is 15.8 Å². The van der Waals surface area contributed by atoms with Crippen molar-refractivity contribution in [3.05, 3.63) is 28.8 Å². The first-order valence-electron chi connectivity index (χ1n) is 5.77. The van der Waals surface area contributed by atoms with E-state index in [-0.39, 0.29) is 12.5 Å². The van der Waals surface area contributed by atoms with Gasteiger partial charge in [-0.05, 0) is 31.0 Å². The molecule has 100 valence electrons. The van der Waals surface area contributed by atoms with Crippen LogP contribution in [-0.4, -0.2) is 30.8 Å². The summed E-state index contributed by atoms with van der Waals surface area (Å²) >= 11 is 0. The van der Waals surface area contributed by atoms with E-state index in [4.69, 9.17) is 15.6 Å². The van der Waals surface area contributed by atoms with E-state index >= 15 is 0 Å². The van der Waals surface area contributed by atoms with Crippen LogP contribution in [0.25, 0.3) is 0 Å². The van der Waals surface area contributed by atoms with Gasteiger partial charge >= 0.3 is 0 Å². The smallest absolute Gasteiger partial charge is 0.239 e. The molecule has 0 fully saturated rings. The van der Waals surface area contributed by atoms with Crippen molar-refractivity contribution in [3.8, 4) is 5.75 Å². The third-order valence-corrected chi connectivity index (χ3v) is 2.88. The van der Waals surface area contributed by atoms with Gasteiger partial charge in [-0.15, -0.1) is 0 Å². The number of methoxy groups -OCH3 is 1. The van der Waals surface area contributed by atoms with Crippen LogP contribution >= 0.6 is 0 Å². The Morgan fingerprint density at radius 2 is 2.06 bits per heavy atom. The molecule has 1 amide bonds. The fourth-order valence-corrected chi connectivity index (χ4v) is 1.57. The van der Waals surface area contributed by atoms with Crippen LogP contribution in [-0.2, 0) is 11.3 Å². The number of hydrogen-bond acceptors (Lipinski definition) is 4. The highest BCUT2D eigenvalue weighted by Crippen LogP contribution is 2.22. The fraction of sp³-hybridized carbons (Fsp3) is 0.462. The molecule has 1 aromatic rings. The average Bonchev–Trinajstić information content (AvgIpc) is 2.38. The molecular formula is C13H20N2O3. The van der Waals surface area contributed by atoms with Crippen molar-refractivity contribution in [1.82, 2.24) is 5.32 Å². The standard InChI is InChI=1S/C13H20N2O3/c1-8-4-10(12(18-3)5-9(8)2)6-15-13(17)11(14)7-16/h4-5,11,16H,6-7,14H2,1-3H3,(H,15,17). The highest BCUT2D eigenvalue weighted by Gasteiger charge is 2.13. The Morgan fingerprint density at radius 3 is 2.61 bits per heavy atom. The number of aliphatic hydroxyl groups is 1. The third kappa shape index (κ3) is 3.45. The Morgan fingerprint density at radius 1 is 1.44 bits per heavy atom. The number of benzene rings is 1. The Bertz CT molecular complexity index is 432. The molecular weight excluding hydrogens is 232 g/mol. The number of aliphatic hydroxyl groups excluding tert-OH is 1. The zero-order valence-electron chi connectivity index (χ0n) is 11.0. The maximum absolute atomic E-state index is 11.5. The molecule has 1 atom stereocenters. The monoisotopic (exact) mass is 252 g/mol. The van der Waals surface area contributed by atoms with Crippen LogP contribution in [0.5, 0.6) is 5.75 Å². The number of ether oxygens (including phenoxy) is 1. The van der Waals surface area contributed by atoms with Crippen molar-refractivity contribution in [2.24, 2.45) is 5.73 Å². The Balaban J connectivity index is 2.78. The summed E-state index contributed by atoms with van der Waals surface area (Å²) in [6.45, 7) is 3.97. The second-order valence-electron chi connectivity index (χ2n) is 4.26. The molecule has 0 radical (unpaired) electrons. The van der Waals surface area contributed by atoms with E-state index < -0.39 is 6.04 Å². The number of rotatable bonds is 5. The molecule has 18 heavy (non-hydrogen) atoms. The largest absolute Gasteiger partial charge is 0.496 e. The number of aryl methyl sites for hydroxylation is 2. The van der Waals surface area contributed by atoms with Crippen molar-refractivity contribution in [1.29, 1.82) is 0 Å². The first-order valence-corrected chi connectivity index (χ1v) is 5.77. The van der Waals surface area contributed by atoms with E-state index in [2.05, 4.69) is 5.32 Å². The molecule has 5 nitrogen and oxygen atoms in total. The van der Waals surface area contributed by atoms with Gasteiger partial charge in [-0.3, -0.25) is 4.79 Å². The van der Waals surface area contributed by atoms with E-state index in [9.17, 15) is 4.79 Å². The minimum Gasteiger partial charge on any atom is -0.496 e. The minimum atomic E-state index is -0.887. The maximum atomic E-state index is 11.5. The van der Waals surface area contributed by atoms with Gasteiger partial charge in [0.25, 0.3) is 0 Å². The molecule has 5 heteroatoms. The number of amides is 1. The normalized spacial score (nSPS) is 12.1. The summed E-state index contributed by atoms with van der Waals surface area (Å²) in [5, 5.41) is 11.4. The van der Waals surface area contributed by atoms with Gasteiger partial charge in [0.05, 0.1) is 13.7 Å². The summed E-state index contributed by atoms with van der Waals surface area (Å²) in [5.41, 5.74) is 8.56. The molecule has 0 heterocycles. The van der Waals surface area contributed by atoms with Crippen molar-refractivity contribution < 1.29 is 14.6 Å². The number of hydrogen-bond donors (Lipinski definition) is 3. The lowest BCUT2D eigenvalue weighted by Crippen LogP contribution is -2.42. The van der Waals surface area contributed by atoms with Gasteiger partial charge in [0, 0.05) is 12.1 Å². The summed E-state index contributed by atoms with van der Waals surface area (Å²) in [7, 11) is 1.59. The number of carbonyl (C=O) groups is 1. The van der Waals surface area contributed by atoms with Gasteiger partial charge in [0.1, 0.15) is 11.8 Å². The van der Waals surface area contributed by atoms with Crippen molar-refractivity contribution in [3.63, 3.8) is 0 Å². The molecule has 0 aliphatic rings. The number of nitrogens with two attached hydrogens (primary N) is 1. The van der Waals surface area contributed by atoms with Crippen LogP contribution in [0.3, 0.4) is 0 Å². The molecule has 0 saturated heterocycles. The molecule has 0 spiro atoms. The van der Waals surface area contributed by atoms with E-state index in [0.29, 0.717) is 6.54 Å². The van der Waals surface area contributed by atoms with Crippen LogP contribution in [0.1, 0.15) is 16.7 Å². The SMILES string of the molecule is COc1cc(C)c(C)cc1CNC(=O)C(N)CO. The molecule has 4 N–H and O–H groups in total. The highest BCUT2D eigenvalue weighted by atomic mass is 16.5. The maximum Gasteiger partial charge on any atom is 0.239 e. The Hall–Kier alpha value is -1.59. The van der Waals surface area contributed by atoms with Gasteiger partial charge < -0.3 is 20.9 Å². The van der Waals surface area contributed by atoms with Crippen LogP contribution in [0.15, 0.2) is 12.1 Å². The summed E-state index contributed by atoms with van der Waals surface area (Å²) < 4.78 is 5.27. The molecule has 0 bridgehead atoms. The minimum absolute atomic E-state index is 0.330. The van der Waals surface area contributed by atoms with Crippen LogP contribution in [0.2, 0.25) is 0 Å². The third-order valence-electron chi connectivity index (χ3n) is 2.88. The topological polar surface area (TPSA) is 84.6 Å². The molecule has 1 unspecified atom stereocenters. The quantitative estimate of drug-likeness (QED) is 0.701. The van der Waals surface area contributed by atoms with Gasteiger partial charge in [0.15, 0.2) is 0 Å². The van der Waals surface area contributed by atoms with Gasteiger partial charge in [-0.25, -0.2) is 0 Å². The zero-order chi connectivity index (χ0) is 13.7. The van der Waals surface area contributed by atoms with Crippen molar-refractivity contribution in [2.75, 3.05) is 13.7 Å². The van der Waals surface area contributed by atoms with E-state index in [1.165, 1.54) is 0 Å². The van der Waals surface area contributed by atoms with E-state index in [1.54, 1.807) is 7.11 Å². The first-order chi connectivity index (χ1) is 8.49. The van der Waals surface area contributed by atoms with E-state index in [0.717, 1.165) is 22.4 Å². The first kappa shape index (κ1) is 14.5. The summed E-state index contributed by atoms with van der Waals surface area (Å²) in [6, 6.07) is 3.02. The molecule has 0 aromatic heterocycles. The van der Waals surface area contributed by atoms with Crippen molar-refractivity contribution >= 4 is 5.91 Å². The fourth-order valence-electron chi connectivity index (χ4n) is 1.57. The molecule has 1 aromatic carbocycles. The molecule has 0 aliphatic carbocycles.